The Morgan fingerprint density at radius 2 is 2.05 bits per heavy atom. The van der Waals surface area contributed by atoms with Crippen LogP contribution in [0.4, 0.5) is 0 Å². The molecule has 0 aliphatic heterocycles. The molecule has 0 unspecified atom stereocenters. The van der Waals surface area contributed by atoms with Crippen molar-refractivity contribution in [3.63, 3.8) is 0 Å². The zero-order valence-corrected chi connectivity index (χ0v) is 11.5. The van der Waals surface area contributed by atoms with Crippen LogP contribution >= 0.6 is 0 Å². The Morgan fingerprint density at radius 1 is 1.32 bits per heavy atom. The third-order valence-electron chi connectivity index (χ3n) is 3.23. The van der Waals surface area contributed by atoms with E-state index in [1.165, 1.54) is 5.56 Å². The molecule has 0 saturated heterocycles. The monoisotopic (exact) mass is 258 g/mol. The van der Waals surface area contributed by atoms with Crippen molar-refractivity contribution in [3.05, 3.63) is 52.3 Å². The highest BCUT2D eigenvalue weighted by molar-refractivity contribution is 5.85. The molecule has 0 aliphatic rings. The SMILES string of the molecule is CCc1cc(C(=O)O)n(Cc2ccc(C)cc2C)n1. The molecule has 0 spiro atoms. The van der Waals surface area contributed by atoms with E-state index in [0.717, 1.165) is 23.2 Å². The van der Waals surface area contributed by atoms with E-state index in [2.05, 4.69) is 11.2 Å². The van der Waals surface area contributed by atoms with E-state index in [1.54, 1.807) is 10.7 Å². The number of hydrogen-bond donors (Lipinski definition) is 1. The smallest absolute Gasteiger partial charge is 0.354 e. The highest BCUT2D eigenvalue weighted by Gasteiger charge is 2.14. The van der Waals surface area contributed by atoms with Gasteiger partial charge in [0.25, 0.3) is 0 Å². The molecule has 2 aromatic rings. The van der Waals surface area contributed by atoms with Crippen LogP contribution in [0.15, 0.2) is 24.3 Å². The Labute approximate surface area is 112 Å². The van der Waals surface area contributed by atoms with Crippen molar-refractivity contribution in [2.24, 2.45) is 0 Å². The molecule has 1 aromatic carbocycles. The Morgan fingerprint density at radius 3 is 2.63 bits per heavy atom. The summed E-state index contributed by atoms with van der Waals surface area (Å²) in [4.78, 5) is 11.2. The molecule has 0 atom stereocenters. The molecule has 1 N–H and O–H groups in total. The van der Waals surface area contributed by atoms with Crippen LogP contribution in [0.2, 0.25) is 0 Å². The van der Waals surface area contributed by atoms with Gasteiger partial charge in [0.05, 0.1) is 12.2 Å². The maximum atomic E-state index is 11.2. The third kappa shape index (κ3) is 2.84. The van der Waals surface area contributed by atoms with E-state index in [1.807, 2.05) is 32.9 Å². The molecular formula is C15H18N2O2. The highest BCUT2D eigenvalue weighted by Crippen LogP contribution is 2.14. The fraction of sp³-hybridized carbons (Fsp3) is 0.333. The zero-order chi connectivity index (χ0) is 14.0. The molecule has 4 heteroatoms. The van der Waals surface area contributed by atoms with Crippen LogP contribution in [0.5, 0.6) is 0 Å². The minimum Gasteiger partial charge on any atom is -0.477 e. The minimum absolute atomic E-state index is 0.247. The average Bonchev–Trinajstić information content (AvgIpc) is 2.76. The van der Waals surface area contributed by atoms with Gasteiger partial charge in [0.1, 0.15) is 5.69 Å². The normalized spacial score (nSPS) is 10.7. The number of carbonyl (C=O) groups is 1. The largest absolute Gasteiger partial charge is 0.477 e. The number of aromatic carboxylic acids is 1. The first-order valence-corrected chi connectivity index (χ1v) is 6.37. The Hall–Kier alpha value is -2.10. The summed E-state index contributed by atoms with van der Waals surface area (Å²) in [6.07, 6.45) is 0.736. The lowest BCUT2D eigenvalue weighted by molar-refractivity contribution is 0.0684. The van der Waals surface area contributed by atoms with Crippen LogP contribution in [0, 0.1) is 13.8 Å². The molecule has 2 rings (SSSR count). The van der Waals surface area contributed by atoms with Crippen LogP contribution in [0.25, 0.3) is 0 Å². The van der Waals surface area contributed by atoms with Gasteiger partial charge in [-0.15, -0.1) is 0 Å². The van der Waals surface area contributed by atoms with Gasteiger partial charge in [-0.25, -0.2) is 4.79 Å². The third-order valence-corrected chi connectivity index (χ3v) is 3.23. The molecule has 0 aliphatic carbocycles. The predicted molar refractivity (Wildman–Crippen MR) is 73.6 cm³/mol. The van der Waals surface area contributed by atoms with Crippen molar-refractivity contribution in [1.82, 2.24) is 9.78 Å². The molecule has 4 nitrogen and oxygen atoms in total. The van der Waals surface area contributed by atoms with Gasteiger partial charge >= 0.3 is 5.97 Å². The van der Waals surface area contributed by atoms with Crippen LogP contribution in [0.3, 0.4) is 0 Å². The number of aromatic nitrogens is 2. The first kappa shape index (κ1) is 13.3. The maximum absolute atomic E-state index is 11.2. The van der Waals surface area contributed by atoms with Crippen molar-refractivity contribution in [2.75, 3.05) is 0 Å². The minimum atomic E-state index is -0.933. The lowest BCUT2D eigenvalue weighted by Crippen LogP contribution is -2.11. The Kier molecular flexibility index (Phi) is 3.69. The zero-order valence-electron chi connectivity index (χ0n) is 11.5. The van der Waals surface area contributed by atoms with Crippen molar-refractivity contribution in [1.29, 1.82) is 0 Å². The van der Waals surface area contributed by atoms with E-state index in [-0.39, 0.29) is 5.69 Å². The molecule has 0 fully saturated rings. The first-order chi connectivity index (χ1) is 9.01. The van der Waals surface area contributed by atoms with E-state index in [0.29, 0.717) is 6.54 Å². The van der Waals surface area contributed by atoms with Crippen molar-refractivity contribution >= 4 is 5.97 Å². The average molecular weight is 258 g/mol. The van der Waals surface area contributed by atoms with E-state index < -0.39 is 5.97 Å². The second-order valence-electron chi connectivity index (χ2n) is 4.77. The summed E-state index contributed by atoms with van der Waals surface area (Å²) in [5.41, 5.74) is 4.51. The fourth-order valence-corrected chi connectivity index (χ4v) is 2.12. The molecule has 0 amide bonds. The number of carboxylic acids is 1. The van der Waals surface area contributed by atoms with E-state index in [4.69, 9.17) is 0 Å². The van der Waals surface area contributed by atoms with Crippen molar-refractivity contribution in [3.8, 4) is 0 Å². The van der Waals surface area contributed by atoms with Gasteiger partial charge in [0.15, 0.2) is 0 Å². The summed E-state index contributed by atoms with van der Waals surface area (Å²) in [6, 6.07) is 7.81. The summed E-state index contributed by atoms with van der Waals surface area (Å²) in [5.74, 6) is -0.933. The summed E-state index contributed by atoms with van der Waals surface area (Å²) < 4.78 is 1.57. The molecule has 0 radical (unpaired) electrons. The number of carboxylic acid groups (broad SMARTS) is 1. The molecule has 1 aromatic heterocycles. The summed E-state index contributed by atoms with van der Waals surface area (Å²) in [5, 5.41) is 13.5. The van der Waals surface area contributed by atoms with Gasteiger partial charge in [0.2, 0.25) is 0 Å². The summed E-state index contributed by atoms with van der Waals surface area (Å²) in [6.45, 7) is 6.54. The highest BCUT2D eigenvalue weighted by atomic mass is 16.4. The van der Waals surface area contributed by atoms with Gasteiger partial charge in [-0.2, -0.15) is 5.10 Å². The number of aryl methyl sites for hydroxylation is 3. The van der Waals surface area contributed by atoms with Gasteiger partial charge in [-0.3, -0.25) is 4.68 Å². The van der Waals surface area contributed by atoms with Crippen molar-refractivity contribution in [2.45, 2.75) is 33.7 Å². The Balaban J connectivity index is 2.37. The Bertz CT molecular complexity index is 615. The first-order valence-electron chi connectivity index (χ1n) is 6.37. The van der Waals surface area contributed by atoms with Crippen LogP contribution < -0.4 is 0 Å². The van der Waals surface area contributed by atoms with Gasteiger partial charge < -0.3 is 5.11 Å². The molecule has 0 bridgehead atoms. The molecular weight excluding hydrogens is 240 g/mol. The lowest BCUT2D eigenvalue weighted by Gasteiger charge is -2.08. The number of benzene rings is 1. The summed E-state index contributed by atoms with van der Waals surface area (Å²) in [7, 11) is 0. The molecule has 19 heavy (non-hydrogen) atoms. The number of nitrogens with zero attached hydrogens (tertiary/aromatic N) is 2. The topological polar surface area (TPSA) is 55.1 Å². The van der Waals surface area contributed by atoms with Crippen LogP contribution in [0.1, 0.15) is 39.8 Å². The quantitative estimate of drug-likeness (QED) is 0.917. The van der Waals surface area contributed by atoms with Crippen LogP contribution in [-0.4, -0.2) is 20.9 Å². The van der Waals surface area contributed by atoms with Gasteiger partial charge in [0, 0.05) is 0 Å². The second kappa shape index (κ2) is 5.26. The lowest BCUT2D eigenvalue weighted by atomic mass is 10.1. The van der Waals surface area contributed by atoms with E-state index >= 15 is 0 Å². The molecule has 0 saturated carbocycles. The van der Waals surface area contributed by atoms with Gasteiger partial charge in [-0.05, 0) is 37.5 Å². The standard InChI is InChI=1S/C15H18N2O2/c1-4-13-8-14(15(18)19)17(16-13)9-12-6-5-10(2)7-11(12)3/h5-8H,4,9H2,1-3H3,(H,18,19). The maximum Gasteiger partial charge on any atom is 0.354 e. The number of hydrogen-bond acceptors (Lipinski definition) is 2. The molecule has 100 valence electrons. The van der Waals surface area contributed by atoms with E-state index in [9.17, 15) is 9.90 Å². The second-order valence-corrected chi connectivity index (χ2v) is 4.77. The van der Waals surface area contributed by atoms with Crippen molar-refractivity contribution < 1.29 is 9.90 Å². The van der Waals surface area contributed by atoms with Crippen LogP contribution in [-0.2, 0) is 13.0 Å². The predicted octanol–water partition coefficient (Wildman–Crippen LogP) is 2.81. The number of rotatable bonds is 4. The van der Waals surface area contributed by atoms with Gasteiger partial charge in [-0.1, -0.05) is 30.7 Å². The fourth-order valence-electron chi connectivity index (χ4n) is 2.12. The molecule has 1 heterocycles. The summed E-state index contributed by atoms with van der Waals surface area (Å²) >= 11 is 0.